The van der Waals surface area contributed by atoms with E-state index in [1.165, 1.54) is 11.8 Å². The second kappa shape index (κ2) is 8.57. The number of hydrogen-bond donors (Lipinski definition) is 1. The van der Waals surface area contributed by atoms with Gasteiger partial charge in [-0.05, 0) is 39.0 Å². The number of aliphatic imine (C=N–C) groups is 1. The summed E-state index contributed by atoms with van der Waals surface area (Å²) in [6.07, 6.45) is -0.723. The van der Waals surface area contributed by atoms with E-state index in [1.54, 1.807) is 43.9 Å². The van der Waals surface area contributed by atoms with E-state index >= 15 is 0 Å². The van der Waals surface area contributed by atoms with Crippen LogP contribution in [0.2, 0.25) is 10.0 Å². The third-order valence-corrected chi connectivity index (χ3v) is 8.20. The Morgan fingerprint density at radius 3 is 2.60 bits per heavy atom. The Morgan fingerprint density at radius 1 is 1.27 bits per heavy atom. The zero-order valence-corrected chi connectivity index (χ0v) is 19.7. The largest absolute Gasteiger partial charge is 0.444 e. The molecule has 2 amide bonds. The number of alkyl carbamates (subject to hydrolysis) is 1. The van der Waals surface area contributed by atoms with Crippen molar-refractivity contribution in [2.45, 2.75) is 37.7 Å². The second-order valence-corrected chi connectivity index (χ2v) is 12.1. The van der Waals surface area contributed by atoms with Gasteiger partial charge in [0.05, 0.1) is 27.6 Å². The highest BCUT2D eigenvalue weighted by molar-refractivity contribution is 8.16. The number of rotatable bonds is 3. The zero-order valence-electron chi connectivity index (χ0n) is 16.5. The topological polar surface area (TPSA) is 105 Å². The van der Waals surface area contributed by atoms with Gasteiger partial charge in [-0.3, -0.25) is 4.79 Å². The number of nitrogens with one attached hydrogen (secondary N) is 1. The van der Waals surface area contributed by atoms with E-state index in [4.69, 9.17) is 27.9 Å². The van der Waals surface area contributed by atoms with Crippen molar-refractivity contribution in [1.29, 1.82) is 0 Å². The number of anilines is 1. The van der Waals surface area contributed by atoms with Crippen molar-refractivity contribution < 1.29 is 22.7 Å². The molecule has 8 nitrogen and oxygen atoms in total. The van der Waals surface area contributed by atoms with Crippen molar-refractivity contribution in [2.24, 2.45) is 4.99 Å². The van der Waals surface area contributed by atoms with Crippen molar-refractivity contribution in [1.82, 2.24) is 5.32 Å². The van der Waals surface area contributed by atoms with Gasteiger partial charge in [-0.25, -0.2) is 13.2 Å². The van der Waals surface area contributed by atoms with Gasteiger partial charge in [0, 0.05) is 10.9 Å². The fraction of sp³-hybridized carbons (Fsp3) is 0.500. The highest BCUT2D eigenvalue weighted by Crippen LogP contribution is 2.42. The molecule has 2 fully saturated rings. The minimum Gasteiger partial charge on any atom is -0.444 e. The first-order chi connectivity index (χ1) is 13.8. The second-order valence-electron chi connectivity index (χ2n) is 7.91. The molecule has 1 N–H and O–H groups in total. The number of amidine groups is 1. The Kier molecular flexibility index (Phi) is 6.62. The van der Waals surface area contributed by atoms with Crippen LogP contribution in [0.1, 0.15) is 20.8 Å². The first-order valence-corrected chi connectivity index (χ1v) is 12.5. The Balaban J connectivity index is 1.80. The number of ether oxygens (including phenoxy) is 1. The maximum Gasteiger partial charge on any atom is 0.408 e. The molecular formula is C18H21Cl2N3O5S2. The predicted octanol–water partition coefficient (Wildman–Crippen LogP) is 3.12. The van der Waals surface area contributed by atoms with Gasteiger partial charge < -0.3 is 15.0 Å². The van der Waals surface area contributed by atoms with E-state index in [-0.39, 0.29) is 29.3 Å². The van der Waals surface area contributed by atoms with Crippen LogP contribution in [-0.2, 0) is 19.4 Å². The van der Waals surface area contributed by atoms with Gasteiger partial charge in [-0.15, -0.1) is 0 Å². The standard InChI is InChI=1S/C18H21Cl2N3O5S2/c1-18(2,3)28-17(25)21-7-15(24)22-16-23(10-4-5-11(19)12(20)6-10)13-8-30(26,27)9-14(13)29-16/h4-6,13-14H,7-9H2,1-3H3,(H,21,25)/t13-,14-/m1/s1. The van der Waals surface area contributed by atoms with E-state index in [0.29, 0.717) is 20.9 Å². The van der Waals surface area contributed by atoms with Crippen LogP contribution in [0.15, 0.2) is 23.2 Å². The van der Waals surface area contributed by atoms with Gasteiger partial charge in [0.2, 0.25) is 0 Å². The summed E-state index contributed by atoms with van der Waals surface area (Å²) in [5, 5.41) is 3.14. The molecule has 0 spiro atoms. The maximum atomic E-state index is 12.4. The fourth-order valence-electron chi connectivity index (χ4n) is 3.11. The summed E-state index contributed by atoms with van der Waals surface area (Å²) in [7, 11) is -3.19. The highest BCUT2D eigenvalue weighted by Gasteiger charge is 2.49. The molecule has 2 saturated heterocycles. The molecule has 0 radical (unpaired) electrons. The molecule has 2 aliphatic rings. The highest BCUT2D eigenvalue weighted by atomic mass is 35.5. The molecular weight excluding hydrogens is 473 g/mol. The number of halogens is 2. The van der Waals surface area contributed by atoms with Crippen LogP contribution in [0.25, 0.3) is 0 Å². The number of benzene rings is 1. The van der Waals surface area contributed by atoms with Crippen LogP contribution < -0.4 is 10.2 Å². The minimum atomic E-state index is -3.19. The van der Waals surface area contributed by atoms with Crippen LogP contribution in [-0.4, -0.2) is 60.5 Å². The SMILES string of the molecule is CC(C)(C)OC(=O)NCC(=O)N=C1S[C@@H]2CS(=O)(=O)C[C@H]2N1c1ccc(Cl)c(Cl)c1. The predicted molar refractivity (Wildman–Crippen MR) is 119 cm³/mol. The van der Waals surface area contributed by atoms with E-state index in [1.807, 2.05) is 0 Å². The minimum absolute atomic E-state index is 0.00350. The van der Waals surface area contributed by atoms with Gasteiger partial charge in [-0.1, -0.05) is 35.0 Å². The number of sulfone groups is 1. The normalized spacial score (nSPS) is 24.0. The van der Waals surface area contributed by atoms with Crippen LogP contribution in [0.5, 0.6) is 0 Å². The average molecular weight is 494 g/mol. The molecule has 0 bridgehead atoms. The average Bonchev–Trinajstić information content (AvgIpc) is 3.05. The first-order valence-electron chi connectivity index (χ1n) is 9.04. The summed E-state index contributed by atoms with van der Waals surface area (Å²) in [5.41, 5.74) is -0.0957. The Bertz CT molecular complexity index is 1010. The van der Waals surface area contributed by atoms with Crippen molar-refractivity contribution in [3.05, 3.63) is 28.2 Å². The van der Waals surface area contributed by atoms with Gasteiger partial charge in [-0.2, -0.15) is 4.99 Å². The maximum absolute atomic E-state index is 12.4. The number of fused-ring (bicyclic) bond motifs is 1. The van der Waals surface area contributed by atoms with Gasteiger partial charge in [0.25, 0.3) is 5.91 Å². The van der Waals surface area contributed by atoms with Gasteiger partial charge in [0.1, 0.15) is 12.1 Å². The number of amides is 2. The molecule has 12 heteroatoms. The fourth-order valence-corrected chi connectivity index (χ4v) is 7.33. The summed E-state index contributed by atoms with van der Waals surface area (Å²) in [5.74, 6) is -0.631. The summed E-state index contributed by atoms with van der Waals surface area (Å²) < 4.78 is 29.3. The monoisotopic (exact) mass is 493 g/mol. The molecule has 0 aliphatic carbocycles. The third-order valence-electron chi connectivity index (χ3n) is 4.25. The van der Waals surface area contributed by atoms with Crippen molar-refractivity contribution in [3.8, 4) is 0 Å². The zero-order chi connectivity index (χ0) is 22.3. The molecule has 164 valence electrons. The lowest BCUT2D eigenvalue weighted by Crippen LogP contribution is -2.38. The molecule has 1 aromatic rings. The van der Waals surface area contributed by atoms with Crippen molar-refractivity contribution >= 4 is 67.7 Å². The molecule has 0 aromatic heterocycles. The molecule has 2 aliphatic heterocycles. The molecule has 2 atom stereocenters. The van der Waals surface area contributed by atoms with Crippen LogP contribution in [0.3, 0.4) is 0 Å². The first kappa shape index (κ1) is 23.2. The van der Waals surface area contributed by atoms with Crippen LogP contribution in [0.4, 0.5) is 10.5 Å². The van der Waals surface area contributed by atoms with E-state index in [2.05, 4.69) is 10.3 Å². The Morgan fingerprint density at radius 2 is 1.97 bits per heavy atom. The van der Waals surface area contributed by atoms with Crippen molar-refractivity contribution in [2.75, 3.05) is 23.0 Å². The van der Waals surface area contributed by atoms with Gasteiger partial charge >= 0.3 is 6.09 Å². The lowest BCUT2D eigenvalue weighted by Gasteiger charge is -2.24. The van der Waals surface area contributed by atoms with E-state index in [9.17, 15) is 18.0 Å². The van der Waals surface area contributed by atoms with Gasteiger partial charge in [0.15, 0.2) is 15.0 Å². The molecule has 2 heterocycles. The number of hydrogen-bond acceptors (Lipinski definition) is 6. The number of nitrogens with zero attached hydrogens (tertiary/aromatic N) is 2. The number of thioether (sulfide) groups is 1. The quantitative estimate of drug-likeness (QED) is 0.689. The van der Waals surface area contributed by atoms with Crippen LogP contribution in [0, 0.1) is 0 Å². The van der Waals surface area contributed by atoms with E-state index in [0.717, 1.165) is 0 Å². The van der Waals surface area contributed by atoms with Crippen LogP contribution >= 0.6 is 35.0 Å². The molecule has 0 unspecified atom stereocenters. The summed E-state index contributed by atoms with van der Waals surface area (Å²) in [4.78, 5) is 29.9. The Hall–Kier alpha value is -1.49. The summed E-state index contributed by atoms with van der Waals surface area (Å²) in [6, 6.07) is 4.53. The third kappa shape index (κ3) is 5.60. The van der Waals surface area contributed by atoms with E-state index < -0.39 is 27.4 Å². The molecule has 1 aromatic carbocycles. The smallest absolute Gasteiger partial charge is 0.408 e. The number of carbonyl (C=O) groups is 2. The summed E-state index contributed by atoms with van der Waals surface area (Å²) >= 11 is 13.3. The lowest BCUT2D eigenvalue weighted by atomic mass is 10.2. The lowest BCUT2D eigenvalue weighted by molar-refractivity contribution is -0.117. The molecule has 0 saturated carbocycles. The number of carbonyl (C=O) groups excluding carboxylic acids is 2. The summed E-state index contributed by atoms with van der Waals surface area (Å²) in [6.45, 7) is 4.80. The molecule has 30 heavy (non-hydrogen) atoms. The molecule has 3 rings (SSSR count). The van der Waals surface area contributed by atoms with Crippen molar-refractivity contribution in [3.63, 3.8) is 0 Å². The Labute approximate surface area is 189 Å².